The van der Waals surface area contributed by atoms with Crippen molar-refractivity contribution < 1.29 is 18.0 Å². The lowest BCUT2D eigenvalue weighted by Gasteiger charge is -2.20. The van der Waals surface area contributed by atoms with Crippen LogP contribution in [0, 0.1) is 0 Å². The number of rotatable bonds is 7. The summed E-state index contributed by atoms with van der Waals surface area (Å²) in [5.41, 5.74) is 0. The van der Waals surface area contributed by atoms with Crippen LogP contribution in [0.5, 0.6) is 0 Å². The Morgan fingerprint density at radius 3 is 2.42 bits per heavy atom. The molecule has 0 unspecified atom stereocenters. The van der Waals surface area contributed by atoms with Gasteiger partial charge in [-0.25, -0.2) is 22.3 Å². The molecule has 19 heavy (non-hydrogen) atoms. The number of hydrogen-bond donors (Lipinski definition) is 2. The Morgan fingerprint density at radius 1 is 1.32 bits per heavy atom. The smallest absolute Gasteiger partial charge is 0.334 e. The van der Waals surface area contributed by atoms with Gasteiger partial charge in [-0.3, -0.25) is 5.32 Å². The van der Waals surface area contributed by atoms with Gasteiger partial charge in [0.2, 0.25) is 10.0 Å². The first-order valence-electron chi connectivity index (χ1n) is 6.00. The van der Waals surface area contributed by atoms with E-state index in [1.807, 2.05) is 12.2 Å². The van der Waals surface area contributed by atoms with Crippen molar-refractivity contribution >= 4 is 22.1 Å². The predicted octanol–water partition coefficient (Wildman–Crippen LogP) is 1.04. The molecule has 7 nitrogen and oxygen atoms in total. The molecule has 0 atom stereocenters. The minimum Gasteiger partial charge on any atom is -0.334 e. The average molecular weight is 291 g/mol. The van der Waals surface area contributed by atoms with Crippen LogP contribution in [-0.2, 0) is 10.0 Å². The predicted molar refractivity (Wildman–Crippen MR) is 73.2 cm³/mol. The Bertz CT molecular complexity index is 420. The number of amides is 4. The zero-order valence-corrected chi connectivity index (χ0v) is 12.1. The van der Waals surface area contributed by atoms with Crippen LogP contribution in [-0.4, -0.2) is 44.1 Å². The summed E-state index contributed by atoms with van der Waals surface area (Å²) in [5.74, 6) is 0. The van der Waals surface area contributed by atoms with Crippen molar-refractivity contribution in [2.45, 2.75) is 26.2 Å². The number of carbonyl (C=O) groups excluding carboxylic acids is 2. The van der Waals surface area contributed by atoms with Gasteiger partial charge in [-0.15, -0.1) is 6.58 Å². The number of carbonyl (C=O) groups is 2. The fraction of sp³-hybridized carbons (Fsp3) is 0.636. The molecule has 0 spiro atoms. The number of sulfonamides is 1. The molecule has 0 bridgehead atoms. The van der Waals surface area contributed by atoms with Crippen LogP contribution in [0.25, 0.3) is 0 Å². The maximum atomic E-state index is 11.7. The van der Waals surface area contributed by atoms with Crippen molar-refractivity contribution in [3.63, 3.8) is 0 Å². The van der Waals surface area contributed by atoms with Crippen molar-refractivity contribution in [1.29, 1.82) is 0 Å². The standard InChI is InChI=1S/C11H21N3O4S/c1-4-6-7-9-14(19(3,17)18)11(16)13-10(15)12-8-5-2/h5H,2,4,6-9H2,1,3H3,(H2,12,13,15,16). The lowest BCUT2D eigenvalue weighted by atomic mass is 10.2. The second kappa shape index (κ2) is 8.52. The topological polar surface area (TPSA) is 95.6 Å². The van der Waals surface area contributed by atoms with E-state index >= 15 is 0 Å². The highest BCUT2D eigenvalue weighted by molar-refractivity contribution is 7.88. The quantitative estimate of drug-likeness (QED) is 0.541. The monoisotopic (exact) mass is 291 g/mol. The lowest BCUT2D eigenvalue weighted by molar-refractivity contribution is 0.215. The summed E-state index contributed by atoms with van der Waals surface area (Å²) in [6.07, 6.45) is 4.64. The highest BCUT2D eigenvalue weighted by Gasteiger charge is 2.23. The Kier molecular flexibility index (Phi) is 7.81. The van der Waals surface area contributed by atoms with E-state index in [9.17, 15) is 18.0 Å². The zero-order chi connectivity index (χ0) is 14.9. The number of urea groups is 2. The molecule has 4 amide bonds. The van der Waals surface area contributed by atoms with E-state index in [1.54, 1.807) is 0 Å². The third-order valence-corrected chi connectivity index (χ3v) is 3.37. The highest BCUT2D eigenvalue weighted by Crippen LogP contribution is 2.03. The number of unbranched alkanes of at least 4 members (excludes halogenated alkanes) is 2. The molecule has 0 aromatic carbocycles. The Labute approximate surface area is 114 Å². The summed E-state index contributed by atoms with van der Waals surface area (Å²) in [6, 6.07) is -1.70. The first-order chi connectivity index (χ1) is 8.82. The molecule has 0 saturated carbocycles. The van der Waals surface area contributed by atoms with E-state index in [0.29, 0.717) is 10.7 Å². The van der Waals surface area contributed by atoms with E-state index in [2.05, 4.69) is 11.9 Å². The number of imide groups is 1. The van der Waals surface area contributed by atoms with Crippen LogP contribution in [0.15, 0.2) is 12.7 Å². The van der Waals surface area contributed by atoms with Crippen LogP contribution >= 0.6 is 0 Å². The second-order valence-electron chi connectivity index (χ2n) is 3.97. The molecule has 0 heterocycles. The van der Waals surface area contributed by atoms with Crippen molar-refractivity contribution in [1.82, 2.24) is 14.9 Å². The van der Waals surface area contributed by atoms with Gasteiger partial charge in [0.05, 0.1) is 6.26 Å². The summed E-state index contributed by atoms with van der Waals surface area (Å²) < 4.78 is 23.6. The molecule has 2 N–H and O–H groups in total. The van der Waals surface area contributed by atoms with Gasteiger partial charge >= 0.3 is 12.1 Å². The molecule has 0 aliphatic carbocycles. The number of hydrogen-bond acceptors (Lipinski definition) is 4. The molecule has 0 aliphatic rings. The van der Waals surface area contributed by atoms with Gasteiger partial charge in [0.25, 0.3) is 0 Å². The van der Waals surface area contributed by atoms with Gasteiger partial charge in [-0.05, 0) is 6.42 Å². The van der Waals surface area contributed by atoms with Crippen molar-refractivity contribution in [3.8, 4) is 0 Å². The molecule has 0 radical (unpaired) electrons. The van der Waals surface area contributed by atoms with Gasteiger partial charge in [0, 0.05) is 13.1 Å². The van der Waals surface area contributed by atoms with Crippen molar-refractivity contribution in [2.75, 3.05) is 19.3 Å². The van der Waals surface area contributed by atoms with Crippen LogP contribution in [0.2, 0.25) is 0 Å². The minimum atomic E-state index is -3.69. The van der Waals surface area contributed by atoms with E-state index < -0.39 is 22.1 Å². The average Bonchev–Trinajstić information content (AvgIpc) is 2.30. The van der Waals surface area contributed by atoms with Gasteiger partial charge in [-0.2, -0.15) is 0 Å². The highest BCUT2D eigenvalue weighted by atomic mass is 32.2. The Morgan fingerprint density at radius 2 is 1.95 bits per heavy atom. The second-order valence-corrected chi connectivity index (χ2v) is 5.88. The first-order valence-corrected chi connectivity index (χ1v) is 7.85. The maximum absolute atomic E-state index is 11.7. The van der Waals surface area contributed by atoms with E-state index in [-0.39, 0.29) is 13.1 Å². The molecule has 0 aliphatic heterocycles. The minimum absolute atomic E-state index is 0.0627. The summed E-state index contributed by atoms with van der Waals surface area (Å²) >= 11 is 0. The summed E-state index contributed by atoms with van der Waals surface area (Å²) in [4.78, 5) is 23.0. The fourth-order valence-electron chi connectivity index (χ4n) is 1.29. The Balaban J connectivity index is 4.55. The van der Waals surface area contributed by atoms with Crippen molar-refractivity contribution in [3.05, 3.63) is 12.7 Å². The van der Waals surface area contributed by atoms with Crippen molar-refractivity contribution in [2.24, 2.45) is 0 Å². The van der Waals surface area contributed by atoms with E-state index in [1.165, 1.54) is 6.08 Å². The number of nitrogens with zero attached hydrogens (tertiary/aromatic N) is 1. The van der Waals surface area contributed by atoms with E-state index in [0.717, 1.165) is 19.1 Å². The van der Waals surface area contributed by atoms with Gasteiger partial charge < -0.3 is 5.32 Å². The fourth-order valence-corrected chi connectivity index (χ4v) is 2.10. The molecule has 0 aromatic rings. The third kappa shape index (κ3) is 7.45. The SMILES string of the molecule is C=CCNC(=O)NC(=O)N(CCCCC)S(C)(=O)=O. The summed E-state index contributed by atoms with van der Waals surface area (Å²) in [5, 5.41) is 4.28. The van der Waals surface area contributed by atoms with Crippen LogP contribution in [0.1, 0.15) is 26.2 Å². The molecule has 0 aromatic heterocycles. The zero-order valence-electron chi connectivity index (χ0n) is 11.3. The first kappa shape index (κ1) is 17.4. The molecule has 8 heteroatoms. The number of nitrogens with one attached hydrogen (secondary N) is 2. The van der Waals surface area contributed by atoms with Gasteiger partial charge in [0.1, 0.15) is 0 Å². The van der Waals surface area contributed by atoms with Crippen LogP contribution in [0.4, 0.5) is 9.59 Å². The van der Waals surface area contributed by atoms with Crippen LogP contribution < -0.4 is 10.6 Å². The third-order valence-electron chi connectivity index (χ3n) is 2.22. The van der Waals surface area contributed by atoms with Crippen LogP contribution in [0.3, 0.4) is 0 Å². The normalized spacial score (nSPS) is 10.6. The molecule has 0 rings (SSSR count). The summed E-state index contributed by atoms with van der Waals surface area (Å²) in [6.45, 7) is 5.62. The molecule has 0 fully saturated rings. The molecular weight excluding hydrogens is 270 g/mol. The Hall–Kier alpha value is -1.57. The largest absolute Gasteiger partial charge is 0.339 e. The maximum Gasteiger partial charge on any atom is 0.339 e. The van der Waals surface area contributed by atoms with Gasteiger partial charge in [0.15, 0.2) is 0 Å². The molecular formula is C11H21N3O4S. The molecule has 0 saturated heterocycles. The lowest BCUT2D eigenvalue weighted by Crippen LogP contribution is -2.49. The molecule has 110 valence electrons. The van der Waals surface area contributed by atoms with Gasteiger partial charge in [-0.1, -0.05) is 25.8 Å². The van der Waals surface area contributed by atoms with E-state index in [4.69, 9.17) is 0 Å². The summed E-state index contributed by atoms with van der Waals surface area (Å²) in [7, 11) is -3.69.